The Labute approximate surface area is 820 Å². The van der Waals surface area contributed by atoms with Gasteiger partial charge >= 0.3 is 0 Å². The van der Waals surface area contributed by atoms with Gasteiger partial charge in [-0.15, -0.1) is 45.3 Å². The van der Waals surface area contributed by atoms with Gasteiger partial charge in [-0.05, 0) is 195 Å². The lowest BCUT2D eigenvalue weighted by atomic mass is 10.1. The molecule has 14 heterocycles. The van der Waals surface area contributed by atoms with E-state index in [1.54, 1.807) is 120 Å². The van der Waals surface area contributed by atoms with E-state index in [4.69, 9.17) is 82.8 Å². The molecule has 0 unspecified atom stereocenters. The van der Waals surface area contributed by atoms with Crippen LogP contribution in [0.3, 0.4) is 0 Å². The van der Waals surface area contributed by atoms with Gasteiger partial charge in [-0.3, -0.25) is 19.6 Å². The molecule has 0 saturated carbocycles. The monoisotopic (exact) mass is 1970 g/mol. The third-order valence-electron chi connectivity index (χ3n) is 22.6. The van der Waals surface area contributed by atoms with Gasteiger partial charge in [0.2, 0.25) is 11.8 Å². The predicted octanol–water partition coefficient (Wildman–Crippen LogP) is 18.3. The second-order valence-corrected chi connectivity index (χ2v) is 43.0. The highest BCUT2D eigenvalue weighted by molar-refractivity contribution is 8.00. The smallest absolute Gasteiger partial charge is 0.213 e. The zero-order valence-corrected chi connectivity index (χ0v) is 85.6. The van der Waals surface area contributed by atoms with Crippen molar-refractivity contribution in [3.05, 3.63) is 151 Å². The number of hydrogen-bond acceptors (Lipinski definition) is 39. The third-order valence-corrected chi connectivity index (χ3v) is 30.9. The maximum absolute atomic E-state index is 6.21. The zero-order chi connectivity index (χ0) is 94.7. The van der Waals surface area contributed by atoms with Crippen LogP contribution >= 0.6 is 92.4 Å². The second-order valence-electron chi connectivity index (χ2n) is 33.2. The van der Waals surface area contributed by atoms with Crippen molar-refractivity contribution in [1.29, 1.82) is 0 Å². The molecule has 0 spiro atoms. The minimum atomic E-state index is 0.0466. The number of pyridine rings is 2. The standard InChI is InChI=1S/C26H37N7O2S2.C26H36N6O2S2.C22H28N6OS2.C21H26N6OS2/c1-5-6-21-24(17(2)36-26-29-22(27)16-23(28)30-26)31-25(37-21)18-7-8-19(34-4)20(15-18)35-14-13-33-11-9-32(3)10-12-33;1-4-8-21-24(17(2)35-26-29-22(27)16-23(28)30-26)31-25(36-21)18-9-10-19(33-3)20(15-18)34-14-13-32-11-6-5-7-12-32;1-14-12-18(23)26-22(25-14)31-16(3)20-15(2)30-21(27-20)17-6-7-24-19(13-17)29-11-10-28-8-4-5-9-28;1-13-11-17(22)25-21(24-13)30-15(3)19-14(2)29-20(26-19)16-5-6-23-18(12-16)28-10-9-27-7-4-8-27/h7-8,15-17H,5-6,9-14H2,1-4H3,(H4,27,28,29,30);9-10,15-17H,4-8,11-14H2,1-3H3,(H4,27,28,29,30);6-7,12-13,16H,4-5,8-11H2,1-3H3,(H2,23,25,26);5-6,11-12,15H,4,7-10H2,1-3H3,(H2,22,24,25)/t2*17-;16-;15-/m1111/s1. The number of methoxy groups -OCH3 is 2. The maximum Gasteiger partial charge on any atom is 0.213 e. The third kappa shape index (κ3) is 29.9. The number of hydrogen-bond donors (Lipinski definition) is 6. The summed E-state index contributed by atoms with van der Waals surface area (Å²) in [5.41, 5.74) is 45.2. The Hall–Kier alpha value is -9.62. The van der Waals surface area contributed by atoms with Crippen LogP contribution in [-0.2, 0) is 12.8 Å². The molecule has 31 nitrogen and oxygen atoms in total. The summed E-state index contributed by atoms with van der Waals surface area (Å²) < 4.78 is 35.3. The maximum atomic E-state index is 6.21. The summed E-state index contributed by atoms with van der Waals surface area (Å²) in [5, 5.41) is 6.67. The number of thiazole rings is 4. The van der Waals surface area contributed by atoms with Crippen LogP contribution in [0.25, 0.3) is 42.3 Å². The number of piperazine rings is 1. The minimum absolute atomic E-state index is 0.0466. The van der Waals surface area contributed by atoms with Crippen LogP contribution in [-0.4, -0.2) is 234 Å². The highest BCUT2D eigenvalue weighted by atomic mass is 32.2. The average molecular weight is 1970 g/mol. The molecule has 716 valence electrons. The molecule has 134 heavy (non-hydrogen) atoms. The number of nitrogens with zero attached hydrogens (tertiary/aromatic N) is 19. The van der Waals surface area contributed by atoms with E-state index in [9.17, 15) is 0 Å². The van der Waals surface area contributed by atoms with Crippen LogP contribution in [0.1, 0.15) is 168 Å². The van der Waals surface area contributed by atoms with Crippen molar-refractivity contribution < 1.29 is 28.4 Å². The number of likely N-dealkylation sites (tertiary alicyclic amines) is 3. The van der Waals surface area contributed by atoms with E-state index in [1.165, 1.54) is 108 Å². The molecule has 4 aliphatic rings. The normalized spacial score (nSPS) is 15.3. The summed E-state index contributed by atoms with van der Waals surface area (Å²) in [5.74, 6) is 6.73. The number of aromatic nitrogens is 14. The van der Waals surface area contributed by atoms with Crippen molar-refractivity contribution in [2.24, 2.45) is 0 Å². The molecule has 12 aromatic rings. The van der Waals surface area contributed by atoms with E-state index in [0.29, 0.717) is 93.7 Å². The quantitative estimate of drug-likeness (QED) is 0.0155. The van der Waals surface area contributed by atoms with Gasteiger partial charge in [-0.1, -0.05) is 80.2 Å². The molecular weight excluding hydrogens is 1840 g/mol. The summed E-state index contributed by atoms with van der Waals surface area (Å²) in [7, 11) is 5.52. The molecule has 4 fully saturated rings. The number of benzene rings is 2. The zero-order valence-electron chi connectivity index (χ0n) is 79.0. The van der Waals surface area contributed by atoms with Gasteiger partial charge in [0, 0.05) is 154 Å². The van der Waals surface area contributed by atoms with Gasteiger partial charge in [0.1, 0.15) is 81.4 Å². The van der Waals surface area contributed by atoms with Crippen molar-refractivity contribution in [3.63, 3.8) is 0 Å². The molecule has 0 amide bonds. The minimum Gasteiger partial charge on any atom is -0.493 e. The fourth-order valence-corrected chi connectivity index (χ4v) is 24.2. The second kappa shape index (κ2) is 50.5. The van der Waals surface area contributed by atoms with E-state index in [-0.39, 0.29) is 21.0 Å². The Morgan fingerprint density at radius 1 is 0.343 bits per heavy atom. The number of nitrogens with two attached hydrogens (primary N) is 6. The van der Waals surface area contributed by atoms with E-state index in [0.717, 1.165) is 191 Å². The highest BCUT2D eigenvalue weighted by Crippen LogP contribution is 2.46. The van der Waals surface area contributed by atoms with Crippen LogP contribution < -0.4 is 62.8 Å². The van der Waals surface area contributed by atoms with Gasteiger partial charge in [-0.2, -0.15) is 0 Å². The molecule has 0 bridgehead atoms. The van der Waals surface area contributed by atoms with Crippen LogP contribution in [0.4, 0.5) is 34.9 Å². The van der Waals surface area contributed by atoms with Crippen molar-refractivity contribution >= 4 is 127 Å². The van der Waals surface area contributed by atoms with E-state index in [2.05, 4.69) is 137 Å². The lowest BCUT2D eigenvalue weighted by Gasteiger charge is -2.32. The fourth-order valence-electron chi connectivity index (χ4n) is 15.4. The molecule has 4 atom stereocenters. The van der Waals surface area contributed by atoms with Crippen LogP contribution in [0.15, 0.2) is 118 Å². The molecule has 4 aliphatic heterocycles. The molecule has 0 radical (unpaired) electrons. The fraction of sp³-hybridized carbons (Fsp3) is 0.474. The number of thioether (sulfide) groups is 4. The first-order valence-electron chi connectivity index (χ1n) is 45.8. The largest absolute Gasteiger partial charge is 0.493 e. The number of rotatable bonds is 38. The van der Waals surface area contributed by atoms with E-state index < -0.39 is 0 Å². The summed E-state index contributed by atoms with van der Waals surface area (Å²) in [6, 6.07) is 26.7. The van der Waals surface area contributed by atoms with Crippen LogP contribution in [0.5, 0.6) is 34.8 Å². The SMILES string of the molecule is CCCc1sc(-c2ccc(OC)c(OCCN3CCCCC3)c2)nc1[C@@H](C)Sc1nc(N)cc(N)n1.CCCc1sc(-c2ccc(OC)c(OCCN3CCN(C)CC3)c2)nc1[C@@H](C)Sc1nc(N)cc(N)n1.Cc1cc(N)nc(S[C@H](C)c2nc(-c3ccnc(OCCN4CCC4)c3)sc2C)n1.Cc1cc(N)nc(S[C@H](C)c2nc(-c3ccnc(OCCN4CCCC4)c3)sc2C)n1. The molecule has 12 N–H and O–H groups in total. The molecule has 0 aliphatic carbocycles. The first kappa shape index (κ1) is 102. The number of anilines is 6. The number of nitrogen functional groups attached to an aromatic ring is 6. The number of piperidine rings is 1. The summed E-state index contributed by atoms with van der Waals surface area (Å²) >= 11 is 13.0. The summed E-state index contributed by atoms with van der Waals surface area (Å²) in [6.45, 7) is 38.6. The topological polar surface area (TPSA) is 408 Å². The Balaban J connectivity index is 0.000000152. The van der Waals surface area contributed by atoms with Crippen molar-refractivity contribution in [3.8, 4) is 77.0 Å². The molecule has 39 heteroatoms. The van der Waals surface area contributed by atoms with E-state index in [1.807, 2.05) is 74.5 Å². The molecule has 16 rings (SSSR count). The van der Waals surface area contributed by atoms with Crippen molar-refractivity contribution in [2.45, 2.75) is 175 Å². The van der Waals surface area contributed by atoms with Crippen molar-refractivity contribution in [2.75, 3.05) is 174 Å². The number of aryl methyl sites for hydroxylation is 6. The van der Waals surface area contributed by atoms with Gasteiger partial charge < -0.3 is 67.7 Å². The predicted molar refractivity (Wildman–Crippen MR) is 550 cm³/mol. The number of likely N-dealkylation sites (N-methyl/N-ethyl adjacent to an activating group) is 1. The Bertz CT molecular complexity index is 5690. The van der Waals surface area contributed by atoms with Crippen molar-refractivity contribution in [1.82, 2.24) is 94.3 Å². The van der Waals surface area contributed by atoms with Gasteiger partial charge in [-0.25, -0.2) is 69.8 Å². The Morgan fingerprint density at radius 2 is 0.664 bits per heavy atom. The Kier molecular flexibility index (Phi) is 38.3. The van der Waals surface area contributed by atoms with Gasteiger partial charge in [0.25, 0.3) is 0 Å². The lowest BCUT2D eigenvalue weighted by molar-refractivity contribution is 0.133. The summed E-state index contributed by atoms with van der Waals surface area (Å²) in [4.78, 5) is 80.6. The lowest BCUT2D eigenvalue weighted by Crippen LogP contribution is -2.45. The van der Waals surface area contributed by atoms with Gasteiger partial charge in [0.15, 0.2) is 43.6 Å². The van der Waals surface area contributed by atoms with E-state index >= 15 is 0 Å². The number of ether oxygens (including phenoxy) is 6. The first-order valence-corrected chi connectivity index (χ1v) is 52.6. The molecule has 2 aromatic carbocycles. The first-order chi connectivity index (χ1) is 64.8. The van der Waals surface area contributed by atoms with Crippen LogP contribution in [0, 0.1) is 27.7 Å². The average Bonchev–Trinajstić information content (AvgIpc) is 1.63. The molecular formula is C95H127N25O6S8. The van der Waals surface area contributed by atoms with Gasteiger partial charge in [0.05, 0.1) is 58.0 Å². The van der Waals surface area contributed by atoms with Crippen LogP contribution in [0.2, 0.25) is 0 Å². The molecule has 10 aromatic heterocycles. The Morgan fingerprint density at radius 3 is 1.02 bits per heavy atom. The highest BCUT2D eigenvalue weighted by Gasteiger charge is 2.28. The summed E-state index contributed by atoms with van der Waals surface area (Å²) in [6.07, 6.45) is 15.3. The molecule has 4 saturated heterocycles.